The van der Waals surface area contributed by atoms with Gasteiger partial charge in [-0.3, -0.25) is 14.6 Å². The zero-order valence-corrected chi connectivity index (χ0v) is 15.9. The highest BCUT2D eigenvalue weighted by molar-refractivity contribution is 6.04. The van der Waals surface area contributed by atoms with Crippen molar-refractivity contribution >= 4 is 11.8 Å². The first-order chi connectivity index (χ1) is 14.1. The summed E-state index contributed by atoms with van der Waals surface area (Å²) in [5, 5.41) is 2.93. The summed E-state index contributed by atoms with van der Waals surface area (Å²) in [5.41, 5.74) is 2.88. The Morgan fingerprint density at radius 3 is 2.52 bits per heavy atom. The normalized spacial score (nSPS) is 16.4. The van der Waals surface area contributed by atoms with Crippen LogP contribution in [0.4, 0.5) is 4.39 Å². The Hall–Kier alpha value is -3.54. The number of nitrogens with one attached hydrogen (secondary N) is 1. The van der Waals surface area contributed by atoms with E-state index in [1.54, 1.807) is 47.6 Å². The largest absolute Gasteiger partial charge is 0.350 e. The molecule has 0 fully saturated rings. The molecule has 2 unspecified atom stereocenters. The lowest BCUT2D eigenvalue weighted by molar-refractivity contribution is -0.126. The van der Waals surface area contributed by atoms with Gasteiger partial charge in [0.05, 0.1) is 6.04 Å². The van der Waals surface area contributed by atoms with Crippen LogP contribution in [0.25, 0.3) is 0 Å². The topological polar surface area (TPSA) is 62.3 Å². The summed E-state index contributed by atoms with van der Waals surface area (Å²) < 4.78 is 13.3. The number of carbonyl (C=O) groups is 2. The van der Waals surface area contributed by atoms with E-state index in [-0.39, 0.29) is 17.6 Å². The van der Waals surface area contributed by atoms with E-state index in [0.29, 0.717) is 17.7 Å². The van der Waals surface area contributed by atoms with Crippen LogP contribution >= 0.6 is 0 Å². The molecule has 29 heavy (non-hydrogen) atoms. The number of nitrogens with zero attached hydrogens (tertiary/aromatic N) is 2. The summed E-state index contributed by atoms with van der Waals surface area (Å²) >= 11 is 0. The Kier molecular flexibility index (Phi) is 5.08. The fourth-order valence-corrected chi connectivity index (χ4v) is 3.69. The molecule has 5 nitrogen and oxygen atoms in total. The third-order valence-corrected chi connectivity index (χ3v) is 5.23. The van der Waals surface area contributed by atoms with Crippen molar-refractivity contribution in [2.24, 2.45) is 0 Å². The predicted molar refractivity (Wildman–Crippen MR) is 106 cm³/mol. The van der Waals surface area contributed by atoms with E-state index >= 15 is 0 Å². The molecule has 0 saturated carbocycles. The molecule has 2 heterocycles. The van der Waals surface area contributed by atoms with Crippen molar-refractivity contribution in [1.82, 2.24) is 15.2 Å². The molecule has 3 aromatic rings. The van der Waals surface area contributed by atoms with Crippen LogP contribution in [0.2, 0.25) is 0 Å². The van der Waals surface area contributed by atoms with Crippen molar-refractivity contribution in [3.8, 4) is 0 Å². The number of amides is 2. The fourth-order valence-electron chi connectivity index (χ4n) is 3.69. The van der Waals surface area contributed by atoms with Gasteiger partial charge in [-0.25, -0.2) is 4.39 Å². The van der Waals surface area contributed by atoms with Gasteiger partial charge in [-0.15, -0.1) is 0 Å². The number of fused-ring (bicyclic) bond motifs is 1. The molecule has 4 rings (SSSR count). The van der Waals surface area contributed by atoms with Crippen LogP contribution in [-0.4, -0.2) is 21.7 Å². The van der Waals surface area contributed by atoms with E-state index in [9.17, 15) is 14.0 Å². The van der Waals surface area contributed by atoms with E-state index in [1.165, 1.54) is 12.1 Å². The number of carbonyl (C=O) groups excluding carboxylic acids is 2. The van der Waals surface area contributed by atoms with Crippen molar-refractivity contribution in [1.29, 1.82) is 0 Å². The number of hydrogen-bond acceptors (Lipinski definition) is 3. The van der Waals surface area contributed by atoms with Crippen LogP contribution in [-0.2, 0) is 11.3 Å². The lowest BCUT2D eigenvalue weighted by Crippen LogP contribution is -2.40. The first-order valence-corrected chi connectivity index (χ1v) is 9.40. The predicted octanol–water partition coefficient (Wildman–Crippen LogP) is 3.80. The first kappa shape index (κ1) is 18.8. The standard InChI is InChI=1S/C23H20FN3O2/c1-15(17-6-8-18(24)9-7-17)27-21(19-4-2-3-5-20(19)23(27)29)22(28)26-14-16-10-12-25-13-11-16/h2-13,15,21H,14H2,1H3,(H,26,28). The summed E-state index contributed by atoms with van der Waals surface area (Å²) in [6.45, 7) is 2.19. The Bertz CT molecular complexity index is 1040. The molecule has 2 atom stereocenters. The van der Waals surface area contributed by atoms with Crippen LogP contribution in [0.1, 0.15) is 46.1 Å². The van der Waals surface area contributed by atoms with Crippen molar-refractivity contribution < 1.29 is 14.0 Å². The molecule has 0 spiro atoms. The second kappa shape index (κ2) is 7.83. The number of hydrogen-bond donors (Lipinski definition) is 1. The maximum Gasteiger partial charge on any atom is 0.255 e. The SMILES string of the molecule is CC(c1ccc(F)cc1)N1C(=O)c2ccccc2C1C(=O)NCc1ccncc1. The van der Waals surface area contributed by atoms with Gasteiger partial charge in [-0.05, 0) is 53.9 Å². The van der Waals surface area contributed by atoms with Crippen LogP contribution < -0.4 is 5.32 Å². The Morgan fingerprint density at radius 2 is 1.79 bits per heavy atom. The summed E-state index contributed by atoms with van der Waals surface area (Å²) in [6.07, 6.45) is 3.33. The van der Waals surface area contributed by atoms with Gasteiger partial charge in [0.15, 0.2) is 0 Å². The first-order valence-electron chi connectivity index (χ1n) is 9.40. The molecule has 1 aromatic heterocycles. The van der Waals surface area contributed by atoms with Gasteiger partial charge in [0.1, 0.15) is 11.9 Å². The van der Waals surface area contributed by atoms with Gasteiger partial charge >= 0.3 is 0 Å². The summed E-state index contributed by atoms with van der Waals surface area (Å²) in [6, 6.07) is 15.7. The van der Waals surface area contributed by atoms with Gasteiger partial charge in [-0.2, -0.15) is 0 Å². The van der Waals surface area contributed by atoms with Crippen LogP contribution in [0, 0.1) is 5.82 Å². The molecule has 0 bridgehead atoms. The quantitative estimate of drug-likeness (QED) is 0.722. The zero-order valence-electron chi connectivity index (χ0n) is 15.9. The Morgan fingerprint density at radius 1 is 1.10 bits per heavy atom. The van der Waals surface area contributed by atoms with Gasteiger partial charge in [-0.1, -0.05) is 30.3 Å². The fraction of sp³-hybridized carbons (Fsp3) is 0.174. The van der Waals surface area contributed by atoms with Crippen LogP contribution in [0.15, 0.2) is 73.1 Å². The molecular weight excluding hydrogens is 369 g/mol. The second-order valence-electron chi connectivity index (χ2n) is 7.00. The third kappa shape index (κ3) is 3.61. The molecule has 146 valence electrons. The summed E-state index contributed by atoms with van der Waals surface area (Å²) in [7, 11) is 0. The minimum atomic E-state index is -0.749. The maximum atomic E-state index is 13.3. The van der Waals surface area contributed by atoms with Gasteiger partial charge < -0.3 is 10.2 Å². The molecule has 1 N–H and O–H groups in total. The summed E-state index contributed by atoms with van der Waals surface area (Å²) in [5.74, 6) is -0.806. The minimum absolute atomic E-state index is 0.207. The van der Waals surface area contributed by atoms with Gasteiger partial charge in [0, 0.05) is 24.5 Å². The molecule has 1 aliphatic rings. The monoisotopic (exact) mass is 389 g/mol. The Balaban J connectivity index is 1.64. The maximum absolute atomic E-state index is 13.3. The Labute approximate surface area is 168 Å². The highest BCUT2D eigenvalue weighted by Gasteiger charge is 2.43. The van der Waals surface area contributed by atoms with Crippen LogP contribution in [0.3, 0.4) is 0 Å². The molecule has 2 aromatic carbocycles. The number of halogens is 1. The minimum Gasteiger partial charge on any atom is -0.350 e. The van der Waals surface area contributed by atoms with E-state index in [0.717, 1.165) is 11.1 Å². The average Bonchev–Trinajstić information content (AvgIpc) is 3.05. The summed E-state index contributed by atoms with van der Waals surface area (Å²) in [4.78, 5) is 31.8. The molecule has 0 saturated heterocycles. The van der Waals surface area contributed by atoms with Crippen molar-refractivity contribution in [2.45, 2.75) is 25.6 Å². The number of rotatable bonds is 5. The second-order valence-corrected chi connectivity index (χ2v) is 7.00. The highest BCUT2D eigenvalue weighted by atomic mass is 19.1. The lowest BCUT2D eigenvalue weighted by Gasteiger charge is -2.31. The zero-order chi connectivity index (χ0) is 20.4. The van der Waals surface area contributed by atoms with Gasteiger partial charge in [0.2, 0.25) is 5.91 Å². The molecule has 6 heteroatoms. The van der Waals surface area contributed by atoms with E-state index in [2.05, 4.69) is 10.3 Å². The third-order valence-electron chi connectivity index (χ3n) is 5.23. The van der Waals surface area contributed by atoms with E-state index in [4.69, 9.17) is 0 Å². The van der Waals surface area contributed by atoms with Crippen molar-refractivity contribution in [3.63, 3.8) is 0 Å². The average molecular weight is 389 g/mol. The van der Waals surface area contributed by atoms with Crippen LogP contribution in [0.5, 0.6) is 0 Å². The lowest BCUT2D eigenvalue weighted by atomic mass is 10.0. The molecule has 0 radical (unpaired) electrons. The molecule has 2 amide bonds. The van der Waals surface area contributed by atoms with Crippen molar-refractivity contribution in [2.75, 3.05) is 0 Å². The van der Waals surface area contributed by atoms with E-state index in [1.807, 2.05) is 25.1 Å². The van der Waals surface area contributed by atoms with Crippen molar-refractivity contribution in [3.05, 3.63) is 101 Å². The molecular formula is C23H20FN3O2. The van der Waals surface area contributed by atoms with E-state index < -0.39 is 12.1 Å². The molecule has 0 aliphatic carbocycles. The highest BCUT2D eigenvalue weighted by Crippen LogP contribution is 2.39. The van der Waals surface area contributed by atoms with Gasteiger partial charge in [0.25, 0.3) is 5.91 Å². The molecule has 1 aliphatic heterocycles. The number of aromatic nitrogens is 1. The number of pyridine rings is 1. The smallest absolute Gasteiger partial charge is 0.255 e. The number of benzene rings is 2.